The third-order valence-electron chi connectivity index (χ3n) is 10.4. The summed E-state index contributed by atoms with van der Waals surface area (Å²) in [5.41, 5.74) is 1.64. The van der Waals surface area contributed by atoms with Gasteiger partial charge in [0.25, 0.3) is 0 Å². The van der Waals surface area contributed by atoms with Crippen LogP contribution in [0.4, 0.5) is 0 Å². The van der Waals surface area contributed by atoms with Gasteiger partial charge >= 0.3 is 0 Å². The number of rotatable bonds is 9. The van der Waals surface area contributed by atoms with Crippen molar-refractivity contribution >= 4 is 44.5 Å². The minimum atomic E-state index is -2.13. The van der Waals surface area contributed by atoms with Gasteiger partial charge in [0.1, 0.15) is 8.07 Å². The van der Waals surface area contributed by atoms with Crippen molar-refractivity contribution in [3.8, 4) is 0 Å². The Hall–Kier alpha value is -2.97. The normalized spacial score (nSPS) is 27.6. The molecule has 0 aliphatic heterocycles. The monoisotopic (exact) mass is 631 g/mol. The molecule has 0 radical (unpaired) electrons. The lowest BCUT2D eigenvalue weighted by Crippen LogP contribution is -2.65. The maximum Gasteiger partial charge on any atom is 0.235 e. The summed E-state index contributed by atoms with van der Waals surface area (Å²) in [5, 5.41) is 3.04. The van der Waals surface area contributed by atoms with Crippen molar-refractivity contribution in [1.82, 2.24) is 0 Å². The van der Waals surface area contributed by atoms with Crippen molar-refractivity contribution in [1.29, 1.82) is 0 Å². The molecule has 2 aromatic carbocycles. The average molecular weight is 632 g/mol. The molecule has 9 heteroatoms. The van der Waals surface area contributed by atoms with Crippen LogP contribution in [0.3, 0.4) is 0 Å². The summed E-state index contributed by atoms with van der Waals surface area (Å²) in [6.07, 6.45) is 18.1. The zero-order valence-corrected chi connectivity index (χ0v) is 27.9. The quantitative estimate of drug-likeness (QED) is 0.132. The standard InChI is InChI=1S/C26H30N2O2Si.C9H16NO2P/c29-19-27-21-11-15-25(16-12-21)31(23-7-3-1-4-8-23,24-9-5-2-6-10-24)26-17-13-22(14-18-26)28-20-30;1-2-13(12)9-5-3-8(4-6-9)10-7-11/h1-10,21-22,25-26H,11-18H2;8-9,13H,2-6H2,1H3. The van der Waals surface area contributed by atoms with Crippen LogP contribution in [0.15, 0.2) is 75.6 Å². The number of aliphatic imine (C=N–C) groups is 3. The first-order valence-corrected chi connectivity index (χ1v) is 20.3. The first-order chi connectivity index (χ1) is 21.6. The van der Waals surface area contributed by atoms with Gasteiger partial charge in [-0.1, -0.05) is 104 Å². The lowest BCUT2D eigenvalue weighted by molar-refractivity contribution is 0.407. The van der Waals surface area contributed by atoms with E-state index in [-0.39, 0.29) is 18.1 Å². The Morgan fingerprint density at radius 1 is 0.591 bits per heavy atom. The van der Waals surface area contributed by atoms with Crippen molar-refractivity contribution in [3.05, 3.63) is 60.7 Å². The molecule has 0 saturated heterocycles. The number of carbonyl (C=O) groups excluding carboxylic acids is 3. The molecule has 0 spiro atoms. The molecule has 1 unspecified atom stereocenters. The van der Waals surface area contributed by atoms with Crippen molar-refractivity contribution in [3.63, 3.8) is 0 Å². The van der Waals surface area contributed by atoms with E-state index in [0.29, 0.717) is 16.7 Å². The minimum Gasteiger partial charge on any atom is -0.327 e. The molecule has 3 saturated carbocycles. The fourth-order valence-corrected chi connectivity index (χ4v) is 16.6. The van der Waals surface area contributed by atoms with Crippen LogP contribution in [0.25, 0.3) is 0 Å². The Kier molecular flexibility index (Phi) is 13.5. The van der Waals surface area contributed by atoms with Gasteiger partial charge in [-0.25, -0.2) is 29.4 Å². The van der Waals surface area contributed by atoms with Gasteiger partial charge in [0, 0.05) is 5.66 Å². The summed E-state index contributed by atoms with van der Waals surface area (Å²) in [5.74, 6) is 0. The predicted molar refractivity (Wildman–Crippen MR) is 180 cm³/mol. The summed E-state index contributed by atoms with van der Waals surface area (Å²) in [6, 6.07) is 22.8. The topological polar surface area (TPSA) is 105 Å². The van der Waals surface area contributed by atoms with Gasteiger partial charge in [0.2, 0.25) is 18.2 Å². The molecule has 0 N–H and O–H groups in total. The van der Waals surface area contributed by atoms with E-state index in [1.54, 1.807) is 18.2 Å². The third kappa shape index (κ3) is 8.39. The number of benzene rings is 2. The fourth-order valence-electron chi connectivity index (χ4n) is 8.23. The van der Waals surface area contributed by atoms with Gasteiger partial charge in [-0.15, -0.1) is 0 Å². The minimum absolute atomic E-state index is 0.129. The third-order valence-corrected chi connectivity index (χ3v) is 18.9. The molecular weight excluding hydrogens is 585 g/mol. The molecule has 3 aliphatic rings. The van der Waals surface area contributed by atoms with Gasteiger partial charge in [0.05, 0.1) is 25.9 Å². The summed E-state index contributed by atoms with van der Waals surface area (Å²) >= 11 is 0. The van der Waals surface area contributed by atoms with Gasteiger partial charge in [-0.05, 0) is 68.6 Å². The summed E-state index contributed by atoms with van der Waals surface area (Å²) < 4.78 is 11.5. The van der Waals surface area contributed by atoms with E-state index in [9.17, 15) is 18.9 Å². The van der Waals surface area contributed by atoms with E-state index in [4.69, 9.17) is 0 Å². The Bertz CT molecular complexity index is 1250. The van der Waals surface area contributed by atoms with Crippen LogP contribution in [-0.2, 0) is 18.9 Å². The molecule has 7 nitrogen and oxygen atoms in total. The second-order valence-electron chi connectivity index (χ2n) is 12.6. The van der Waals surface area contributed by atoms with E-state index < -0.39 is 15.9 Å². The average Bonchev–Trinajstić information content (AvgIpc) is 3.08. The van der Waals surface area contributed by atoms with E-state index in [0.717, 1.165) is 83.2 Å². The molecule has 5 rings (SSSR count). The smallest absolute Gasteiger partial charge is 0.235 e. The molecule has 3 fully saturated rings. The Balaban J connectivity index is 0.000000285. The summed E-state index contributed by atoms with van der Waals surface area (Å²) in [4.78, 5) is 43.4. The zero-order chi connectivity index (χ0) is 31.2. The van der Waals surface area contributed by atoms with E-state index in [1.807, 2.05) is 6.92 Å². The highest BCUT2D eigenvalue weighted by atomic mass is 31.1. The van der Waals surface area contributed by atoms with Crippen LogP contribution in [0.1, 0.15) is 84.0 Å². The van der Waals surface area contributed by atoms with Crippen LogP contribution >= 0.6 is 7.80 Å². The predicted octanol–water partition coefficient (Wildman–Crippen LogP) is 6.76. The van der Waals surface area contributed by atoms with Crippen molar-refractivity contribution in [2.24, 2.45) is 15.0 Å². The lowest BCUT2D eigenvalue weighted by Gasteiger charge is -2.49. The van der Waals surface area contributed by atoms with E-state index in [1.165, 1.54) is 10.4 Å². The lowest BCUT2D eigenvalue weighted by atomic mass is 9.94. The Labute approximate surface area is 263 Å². The Morgan fingerprint density at radius 3 is 1.25 bits per heavy atom. The first kappa shape index (κ1) is 33.9. The van der Waals surface area contributed by atoms with E-state index >= 15 is 0 Å². The molecule has 234 valence electrons. The highest BCUT2D eigenvalue weighted by molar-refractivity contribution is 7.45. The molecular formula is C35H46N3O4PSi. The number of nitrogens with zero attached hydrogens (tertiary/aromatic N) is 3. The van der Waals surface area contributed by atoms with Gasteiger partial charge < -0.3 is 4.57 Å². The SMILES string of the molecule is CC[PH](=O)C1CCC(N=C=O)CC1.O=C=NC1CCC([Si](c2ccccc2)(c2ccccc2)C2CCC(N=C=O)CC2)CC1. The van der Waals surface area contributed by atoms with Crippen LogP contribution in [0, 0.1) is 0 Å². The van der Waals surface area contributed by atoms with E-state index in [2.05, 4.69) is 75.6 Å². The highest BCUT2D eigenvalue weighted by Crippen LogP contribution is 2.48. The van der Waals surface area contributed by atoms with Crippen molar-refractivity contribution in [2.75, 3.05) is 6.16 Å². The second kappa shape index (κ2) is 17.5. The molecule has 0 heterocycles. The first-order valence-electron chi connectivity index (χ1n) is 16.4. The van der Waals surface area contributed by atoms with Crippen LogP contribution in [-0.4, -0.2) is 56.3 Å². The maximum absolute atomic E-state index is 11.5. The maximum atomic E-state index is 11.5. The molecule has 3 aliphatic carbocycles. The Morgan fingerprint density at radius 2 is 0.932 bits per heavy atom. The number of hydrogen-bond acceptors (Lipinski definition) is 7. The molecule has 0 amide bonds. The van der Waals surface area contributed by atoms with Crippen LogP contribution in [0.2, 0.25) is 11.1 Å². The van der Waals surface area contributed by atoms with Crippen molar-refractivity contribution < 1.29 is 18.9 Å². The molecule has 44 heavy (non-hydrogen) atoms. The van der Waals surface area contributed by atoms with Gasteiger partial charge in [0.15, 0.2) is 0 Å². The molecule has 1 atom stereocenters. The van der Waals surface area contributed by atoms with Crippen molar-refractivity contribution in [2.45, 2.75) is 119 Å². The summed E-state index contributed by atoms with van der Waals surface area (Å²) in [6.45, 7) is 1.98. The summed E-state index contributed by atoms with van der Waals surface area (Å²) in [7, 11) is -3.49. The molecule has 0 aromatic heterocycles. The van der Waals surface area contributed by atoms with Crippen LogP contribution in [0.5, 0.6) is 0 Å². The van der Waals surface area contributed by atoms with Crippen LogP contribution < -0.4 is 10.4 Å². The number of hydrogen-bond donors (Lipinski definition) is 0. The second-order valence-corrected chi connectivity index (χ2v) is 19.6. The zero-order valence-electron chi connectivity index (χ0n) is 25.9. The largest absolute Gasteiger partial charge is 0.327 e. The highest BCUT2D eigenvalue weighted by Gasteiger charge is 2.51. The fraction of sp³-hybridized carbons (Fsp3) is 0.571. The van der Waals surface area contributed by atoms with Gasteiger partial charge in [-0.2, -0.15) is 0 Å². The molecule has 0 bridgehead atoms. The molecule has 2 aromatic rings. The van der Waals surface area contributed by atoms with Gasteiger partial charge in [-0.3, -0.25) is 0 Å². The number of isocyanates is 3.